The minimum Gasteiger partial charge on any atom is -0.373 e. The normalized spacial score (nSPS) is 20.9. The third-order valence-corrected chi connectivity index (χ3v) is 4.87. The predicted molar refractivity (Wildman–Crippen MR) is 104 cm³/mol. The van der Waals surface area contributed by atoms with Gasteiger partial charge < -0.3 is 9.64 Å². The molecule has 1 fully saturated rings. The zero-order valence-corrected chi connectivity index (χ0v) is 15.8. The summed E-state index contributed by atoms with van der Waals surface area (Å²) in [5, 5.41) is 0. The molecule has 1 heterocycles. The number of ether oxygens (including phenoxy) is 1. The Labute approximate surface area is 156 Å². The van der Waals surface area contributed by atoms with Gasteiger partial charge in [-0.2, -0.15) is 0 Å². The number of nitrogens with zero attached hydrogens (tertiary/aromatic N) is 2. The Balaban J connectivity index is 1.79. The second-order valence-electron chi connectivity index (χ2n) is 7.18. The predicted octanol–water partition coefficient (Wildman–Crippen LogP) is 3.34. The maximum Gasteiger partial charge on any atom is 0.237 e. The van der Waals surface area contributed by atoms with Gasteiger partial charge in [0.05, 0.1) is 24.8 Å². The minimum absolute atomic E-state index is 0.0826. The topological polar surface area (TPSA) is 32.8 Å². The van der Waals surface area contributed by atoms with Crippen molar-refractivity contribution in [2.75, 3.05) is 26.7 Å². The Hall–Kier alpha value is -2.17. The summed E-state index contributed by atoms with van der Waals surface area (Å²) in [6, 6.07) is 20.4. The van der Waals surface area contributed by atoms with E-state index in [-0.39, 0.29) is 24.2 Å². The molecular formula is C22H28N2O2. The summed E-state index contributed by atoms with van der Waals surface area (Å²) in [7, 11) is 1.90. The number of hydrogen-bond acceptors (Lipinski definition) is 3. The summed E-state index contributed by atoms with van der Waals surface area (Å²) in [6.45, 7) is 6.14. The first-order chi connectivity index (χ1) is 12.5. The molecule has 2 aromatic rings. The van der Waals surface area contributed by atoms with Crippen molar-refractivity contribution >= 4 is 5.91 Å². The molecular weight excluding hydrogens is 324 g/mol. The van der Waals surface area contributed by atoms with Crippen molar-refractivity contribution in [3.05, 3.63) is 71.8 Å². The van der Waals surface area contributed by atoms with Crippen LogP contribution in [-0.4, -0.2) is 54.6 Å². The van der Waals surface area contributed by atoms with Crippen LogP contribution in [0.1, 0.15) is 31.0 Å². The van der Waals surface area contributed by atoms with Crippen LogP contribution in [-0.2, 0) is 9.53 Å². The molecule has 138 valence electrons. The van der Waals surface area contributed by atoms with Crippen molar-refractivity contribution in [1.29, 1.82) is 0 Å². The number of likely N-dealkylation sites (N-methyl/N-ethyl adjacent to an activating group) is 1. The van der Waals surface area contributed by atoms with Gasteiger partial charge in [-0.25, -0.2) is 0 Å². The summed E-state index contributed by atoms with van der Waals surface area (Å²) in [6.07, 6.45) is 0.326. The Morgan fingerprint density at radius 2 is 1.46 bits per heavy atom. The van der Waals surface area contributed by atoms with Crippen molar-refractivity contribution in [3.8, 4) is 0 Å². The van der Waals surface area contributed by atoms with Crippen molar-refractivity contribution in [2.24, 2.45) is 0 Å². The van der Waals surface area contributed by atoms with Crippen molar-refractivity contribution < 1.29 is 9.53 Å². The zero-order chi connectivity index (χ0) is 18.5. The van der Waals surface area contributed by atoms with Crippen LogP contribution in [0, 0.1) is 0 Å². The lowest BCUT2D eigenvalue weighted by molar-refractivity contribution is -0.136. The average molecular weight is 352 g/mol. The highest BCUT2D eigenvalue weighted by atomic mass is 16.5. The fraction of sp³-hybridized carbons (Fsp3) is 0.409. The third kappa shape index (κ3) is 4.51. The van der Waals surface area contributed by atoms with E-state index in [0.717, 1.165) is 24.2 Å². The molecule has 1 amide bonds. The van der Waals surface area contributed by atoms with E-state index in [1.807, 2.05) is 48.3 Å². The number of amides is 1. The molecule has 1 saturated heterocycles. The third-order valence-electron chi connectivity index (χ3n) is 4.87. The quantitative estimate of drug-likeness (QED) is 0.827. The van der Waals surface area contributed by atoms with Gasteiger partial charge in [0.25, 0.3) is 0 Å². The summed E-state index contributed by atoms with van der Waals surface area (Å²) in [5.74, 6) is 0.129. The number of morpholine rings is 1. The first kappa shape index (κ1) is 18.6. The Bertz CT molecular complexity index is 655. The second kappa shape index (κ2) is 8.47. The van der Waals surface area contributed by atoms with E-state index in [9.17, 15) is 4.79 Å². The molecule has 4 heteroatoms. The molecule has 0 spiro atoms. The average Bonchev–Trinajstić information content (AvgIpc) is 2.63. The summed E-state index contributed by atoms with van der Waals surface area (Å²) in [5.41, 5.74) is 2.25. The fourth-order valence-electron chi connectivity index (χ4n) is 3.77. The van der Waals surface area contributed by atoms with E-state index in [1.54, 1.807) is 0 Å². The van der Waals surface area contributed by atoms with Gasteiger partial charge in [0, 0.05) is 20.1 Å². The lowest BCUT2D eigenvalue weighted by atomic mass is 9.97. The Morgan fingerprint density at radius 1 is 1.00 bits per heavy atom. The minimum atomic E-state index is -0.0826. The first-order valence-corrected chi connectivity index (χ1v) is 9.28. The van der Waals surface area contributed by atoms with Gasteiger partial charge in [-0.1, -0.05) is 60.7 Å². The van der Waals surface area contributed by atoms with Crippen molar-refractivity contribution in [3.63, 3.8) is 0 Å². The van der Waals surface area contributed by atoms with Crippen molar-refractivity contribution in [2.45, 2.75) is 32.1 Å². The highest BCUT2D eigenvalue weighted by molar-refractivity contribution is 5.79. The Kier molecular flexibility index (Phi) is 6.07. The van der Waals surface area contributed by atoms with E-state index < -0.39 is 0 Å². The smallest absolute Gasteiger partial charge is 0.237 e. The molecule has 0 aliphatic carbocycles. The number of rotatable bonds is 5. The molecule has 4 nitrogen and oxygen atoms in total. The maximum atomic E-state index is 13.1. The molecule has 2 aromatic carbocycles. The van der Waals surface area contributed by atoms with Crippen LogP contribution in [0.15, 0.2) is 60.7 Å². The lowest BCUT2D eigenvalue weighted by Gasteiger charge is -2.37. The summed E-state index contributed by atoms with van der Waals surface area (Å²) < 4.78 is 5.78. The molecule has 2 unspecified atom stereocenters. The highest BCUT2D eigenvalue weighted by Gasteiger charge is 2.28. The lowest BCUT2D eigenvalue weighted by Crippen LogP contribution is -2.49. The van der Waals surface area contributed by atoms with Gasteiger partial charge in [0.2, 0.25) is 5.91 Å². The number of carbonyl (C=O) groups excluding carboxylic acids is 1. The van der Waals surface area contributed by atoms with Crippen LogP contribution < -0.4 is 0 Å². The molecule has 0 radical (unpaired) electrons. The van der Waals surface area contributed by atoms with E-state index in [0.29, 0.717) is 6.54 Å². The van der Waals surface area contributed by atoms with Crippen LogP contribution in [0.4, 0.5) is 0 Å². The maximum absolute atomic E-state index is 13.1. The zero-order valence-electron chi connectivity index (χ0n) is 15.8. The van der Waals surface area contributed by atoms with E-state index >= 15 is 0 Å². The van der Waals surface area contributed by atoms with Gasteiger partial charge in [0.1, 0.15) is 0 Å². The van der Waals surface area contributed by atoms with Gasteiger partial charge >= 0.3 is 0 Å². The van der Waals surface area contributed by atoms with Gasteiger partial charge in [-0.3, -0.25) is 9.69 Å². The summed E-state index contributed by atoms with van der Waals surface area (Å²) in [4.78, 5) is 17.1. The monoisotopic (exact) mass is 352 g/mol. The van der Waals surface area contributed by atoms with E-state index in [1.165, 1.54) is 0 Å². The molecule has 2 atom stereocenters. The van der Waals surface area contributed by atoms with Crippen LogP contribution in [0.3, 0.4) is 0 Å². The Morgan fingerprint density at radius 3 is 1.92 bits per heavy atom. The molecule has 1 aliphatic rings. The molecule has 1 aliphatic heterocycles. The van der Waals surface area contributed by atoms with Crippen LogP contribution in [0.5, 0.6) is 0 Å². The van der Waals surface area contributed by atoms with Gasteiger partial charge in [-0.05, 0) is 25.0 Å². The molecule has 0 aromatic heterocycles. The SMILES string of the molecule is CC1CN(CC(=O)N(C)C(c2ccccc2)c2ccccc2)CC(C)O1. The standard InChI is InChI=1S/C22H28N2O2/c1-17-14-24(15-18(2)26-17)16-21(25)23(3)22(19-10-6-4-7-11-19)20-12-8-5-9-13-20/h4-13,17-18,22H,14-16H2,1-3H3. The van der Waals surface area contributed by atoms with Crippen LogP contribution in [0.25, 0.3) is 0 Å². The van der Waals surface area contributed by atoms with E-state index in [4.69, 9.17) is 4.74 Å². The number of hydrogen-bond donors (Lipinski definition) is 0. The number of benzene rings is 2. The fourth-order valence-corrected chi connectivity index (χ4v) is 3.77. The highest BCUT2D eigenvalue weighted by Crippen LogP contribution is 2.27. The molecule has 0 N–H and O–H groups in total. The van der Waals surface area contributed by atoms with Gasteiger partial charge in [0.15, 0.2) is 0 Å². The molecule has 26 heavy (non-hydrogen) atoms. The second-order valence-corrected chi connectivity index (χ2v) is 7.18. The van der Waals surface area contributed by atoms with Crippen LogP contribution >= 0.6 is 0 Å². The largest absolute Gasteiger partial charge is 0.373 e. The molecule has 0 saturated carbocycles. The van der Waals surface area contributed by atoms with Crippen LogP contribution in [0.2, 0.25) is 0 Å². The summed E-state index contributed by atoms with van der Waals surface area (Å²) >= 11 is 0. The molecule has 3 rings (SSSR count). The first-order valence-electron chi connectivity index (χ1n) is 9.28. The van der Waals surface area contributed by atoms with Crippen molar-refractivity contribution in [1.82, 2.24) is 9.80 Å². The molecule has 0 bridgehead atoms. The van der Waals surface area contributed by atoms with Gasteiger partial charge in [-0.15, -0.1) is 0 Å². The van der Waals surface area contributed by atoms with E-state index in [2.05, 4.69) is 43.0 Å². The number of carbonyl (C=O) groups is 1.